The summed E-state index contributed by atoms with van der Waals surface area (Å²) < 4.78 is 27.9. The topological polar surface area (TPSA) is 37.4 Å². The molecular formula is C20H24ClNO2S. The van der Waals surface area contributed by atoms with E-state index < -0.39 is 10.0 Å². The molecule has 0 bridgehead atoms. The van der Waals surface area contributed by atoms with Gasteiger partial charge in [-0.1, -0.05) is 61.0 Å². The molecule has 0 spiro atoms. The SMILES string of the molecule is CCC(C)N(C(C)C=Cc1ccccc1)S(=O)(=O)c1ccc(Cl)cc1. The summed E-state index contributed by atoms with van der Waals surface area (Å²) in [5.74, 6) is 0. The van der Waals surface area contributed by atoms with E-state index in [1.807, 2.05) is 63.3 Å². The van der Waals surface area contributed by atoms with Gasteiger partial charge in [0.15, 0.2) is 0 Å². The van der Waals surface area contributed by atoms with E-state index in [1.54, 1.807) is 28.6 Å². The molecule has 0 N–H and O–H groups in total. The third-order valence-corrected chi connectivity index (χ3v) is 6.55. The van der Waals surface area contributed by atoms with Crippen molar-refractivity contribution in [2.75, 3.05) is 0 Å². The molecular weight excluding hydrogens is 354 g/mol. The molecule has 2 rings (SSSR count). The highest BCUT2D eigenvalue weighted by atomic mass is 35.5. The number of halogens is 1. The van der Waals surface area contributed by atoms with Gasteiger partial charge in [0.05, 0.1) is 4.90 Å². The van der Waals surface area contributed by atoms with E-state index in [0.717, 1.165) is 12.0 Å². The van der Waals surface area contributed by atoms with E-state index in [-0.39, 0.29) is 17.0 Å². The van der Waals surface area contributed by atoms with Crippen LogP contribution in [0.5, 0.6) is 0 Å². The van der Waals surface area contributed by atoms with Gasteiger partial charge in [-0.3, -0.25) is 0 Å². The van der Waals surface area contributed by atoms with Gasteiger partial charge in [0.2, 0.25) is 10.0 Å². The Morgan fingerprint density at radius 1 is 1.04 bits per heavy atom. The minimum Gasteiger partial charge on any atom is -0.207 e. The number of sulfonamides is 1. The molecule has 0 heterocycles. The maximum absolute atomic E-state index is 13.1. The summed E-state index contributed by atoms with van der Waals surface area (Å²) in [6, 6.07) is 15.8. The quantitative estimate of drug-likeness (QED) is 0.662. The van der Waals surface area contributed by atoms with Crippen LogP contribution in [0.15, 0.2) is 65.6 Å². The summed E-state index contributed by atoms with van der Waals surface area (Å²) in [5, 5.41) is 0.520. The van der Waals surface area contributed by atoms with Crippen LogP contribution in [0.2, 0.25) is 5.02 Å². The third kappa shape index (κ3) is 4.94. The van der Waals surface area contributed by atoms with Gasteiger partial charge >= 0.3 is 0 Å². The van der Waals surface area contributed by atoms with E-state index in [9.17, 15) is 8.42 Å². The van der Waals surface area contributed by atoms with Gasteiger partial charge in [-0.15, -0.1) is 0 Å². The molecule has 0 saturated heterocycles. The number of rotatable bonds is 7. The van der Waals surface area contributed by atoms with Crippen molar-refractivity contribution in [2.45, 2.75) is 44.2 Å². The van der Waals surface area contributed by atoms with Crippen LogP contribution < -0.4 is 0 Å². The van der Waals surface area contributed by atoms with Gasteiger partial charge in [0, 0.05) is 17.1 Å². The van der Waals surface area contributed by atoms with Gasteiger partial charge in [-0.05, 0) is 50.1 Å². The lowest BCUT2D eigenvalue weighted by molar-refractivity contribution is 0.300. The van der Waals surface area contributed by atoms with Gasteiger partial charge in [0.25, 0.3) is 0 Å². The standard InChI is InChI=1S/C20H24ClNO2S/c1-4-16(2)22(17(3)10-11-18-8-6-5-7-9-18)25(23,24)20-14-12-19(21)13-15-20/h5-17H,4H2,1-3H3. The van der Waals surface area contributed by atoms with Crippen molar-refractivity contribution in [3.63, 3.8) is 0 Å². The average molecular weight is 378 g/mol. The van der Waals surface area contributed by atoms with E-state index >= 15 is 0 Å². The van der Waals surface area contributed by atoms with Crippen LogP contribution in [0.3, 0.4) is 0 Å². The first-order valence-electron chi connectivity index (χ1n) is 8.38. The Kier molecular flexibility index (Phi) is 6.82. The average Bonchev–Trinajstić information content (AvgIpc) is 2.61. The minimum absolute atomic E-state index is 0.115. The highest BCUT2D eigenvalue weighted by Crippen LogP contribution is 2.24. The van der Waals surface area contributed by atoms with E-state index in [4.69, 9.17) is 11.6 Å². The first-order chi connectivity index (χ1) is 11.9. The first-order valence-corrected chi connectivity index (χ1v) is 10.2. The van der Waals surface area contributed by atoms with Gasteiger partial charge in [-0.25, -0.2) is 8.42 Å². The molecule has 134 valence electrons. The number of benzene rings is 2. The first kappa shape index (κ1) is 19.7. The molecule has 0 aliphatic carbocycles. The van der Waals surface area contributed by atoms with Crippen molar-refractivity contribution in [3.05, 3.63) is 71.3 Å². The Labute approximate surface area is 156 Å². The van der Waals surface area contributed by atoms with Crippen LogP contribution in [-0.2, 0) is 10.0 Å². The second-order valence-corrected chi connectivity index (χ2v) is 8.34. The summed E-state index contributed by atoms with van der Waals surface area (Å²) in [5.41, 5.74) is 1.04. The third-order valence-electron chi connectivity index (χ3n) is 4.18. The van der Waals surface area contributed by atoms with E-state index in [0.29, 0.717) is 5.02 Å². The molecule has 0 aromatic heterocycles. The number of hydrogen-bond donors (Lipinski definition) is 0. The summed E-state index contributed by atoms with van der Waals surface area (Å²) >= 11 is 5.89. The highest BCUT2D eigenvalue weighted by molar-refractivity contribution is 7.89. The van der Waals surface area contributed by atoms with Crippen molar-refractivity contribution < 1.29 is 8.42 Å². The molecule has 2 aromatic rings. The lowest BCUT2D eigenvalue weighted by Crippen LogP contribution is -2.43. The Morgan fingerprint density at radius 3 is 2.20 bits per heavy atom. The monoisotopic (exact) mass is 377 g/mol. The number of hydrogen-bond acceptors (Lipinski definition) is 2. The van der Waals surface area contributed by atoms with Crippen LogP contribution in [0.4, 0.5) is 0 Å². The fourth-order valence-electron chi connectivity index (χ4n) is 2.66. The van der Waals surface area contributed by atoms with E-state index in [1.165, 1.54) is 0 Å². The van der Waals surface area contributed by atoms with Gasteiger partial charge in [-0.2, -0.15) is 4.31 Å². The summed E-state index contributed by atoms with van der Waals surface area (Å²) in [6.45, 7) is 5.82. The van der Waals surface area contributed by atoms with Crippen LogP contribution in [0.25, 0.3) is 6.08 Å². The van der Waals surface area contributed by atoms with E-state index in [2.05, 4.69) is 0 Å². The largest absolute Gasteiger partial charge is 0.243 e. The van der Waals surface area contributed by atoms with Crippen molar-refractivity contribution >= 4 is 27.7 Å². The van der Waals surface area contributed by atoms with Crippen molar-refractivity contribution in [1.82, 2.24) is 4.31 Å². The molecule has 0 amide bonds. The molecule has 5 heteroatoms. The van der Waals surface area contributed by atoms with Gasteiger partial charge in [0.1, 0.15) is 0 Å². The lowest BCUT2D eigenvalue weighted by atomic mass is 10.1. The van der Waals surface area contributed by atoms with Crippen LogP contribution in [-0.4, -0.2) is 24.8 Å². The smallest absolute Gasteiger partial charge is 0.207 e. The molecule has 0 aliphatic heterocycles. The second kappa shape index (κ2) is 8.65. The highest BCUT2D eigenvalue weighted by Gasteiger charge is 2.31. The molecule has 25 heavy (non-hydrogen) atoms. The number of nitrogens with zero attached hydrogens (tertiary/aromatic N) is 1. The fraction of sp³-hybridized carbons (Fsp3) is 0.300. The molecule has 0 radical (unpaired) electrons. The van der Waals surface area contributed by atoms with Crippen LogP contribution >= 0.6 is 11.6 Å². The summed E-state index contributed by atoms with van der Waals surface area (Å²) in [7, 11) is -3.61. The Bertz CT molecular complexity index is 801. The van der Waals surface area contributed by atoms with Crippen molar-refractivity contribution in [2.24, 2.45) is 0 Å². The van der Waals surface area contributed by atoms with Crippen molar-refractivity contribution in [1.29, 1.82) is 0 Å². The Balaban J connectivity index is 2.35. The fourth-order valence-corrected chi connectivity index (χ4v) is 4.65. The zero-order valence-electron chi connectivity index (χ0n) is 14.8. The maximum Gasteiger partial charge on any atom is 0.243 e. The summed E-state index contributed by atoms with van der Waals surface area (Å²) in [6.07, 6.45) is 4.61. The molecule has 3 nitrogen and oxygen atoms in total. The molecule has 0 saturated carbocycles. The van der Waals surface area contributed by atoms with Crippen molar-refractivity contribution in [3.8, 4) is 0 Å². The zero-order chi connectivity index (χ0) is 18.4. The Hall–Kier alpha value is -1.62. The predicted molar refractivity (Wildman–Crippen MR) is 105 cm³/mol. The second-order valence-electron chi connectivity index (χ2n) is 6.06. The van der Waals surface area contributed by atoms with Gasteiger partial charge < -0.3 is 0 Å². The maximum atomic E-state index is 13.1. The normalized spacial score (nSPS) is 14.8. The molecule has 0 fully saturated rings. The lowest BCUT2D eigenvalue weighted by Gasteiger charge is -2.31. The van der Waals surface area contributed by atoms with Crippen LogP contribution in [0.1, 0.15) is 32.8 Å². The predicted octanol–water partition coefficient (Wildman–Crippen LogP) is 5.23. The Morgan fingerprint density at radius 2 is 1.64 bits per heavy atom. The molecule has 2 atom stereocenters. The van der Waals surface area contributed by atoms with Crippen LogP contribution in [0, 0.1) is 0 Å². The summed E-state index contributed by atoms with van der Waals surface area (Å²) in [4.78, 5) is 0.261. The zero-order valence-corrected chi connectivity index (χ0v) is 16.3. The molecule has 0 aliphatic rings. The molecule has 2 unspecified atom stereocenters. The minimum atomic E-state index is -3.61. The molecule has 2 aromatic carbocycles.